The van der Waals surface area contributed by atoms with E-state index >= 15 is 0 Å². The van der Waals surface area contributed by atoms with E-state index in [0.29, 0.717) is 52.4 Å². The molecular formula is C25H23F2N5O. The number of hydrogen-bond donors (Lipinski definition) is 1. The van der Waals surface area contributed by atoms with Crippen LogP contribution >= 0.6 is 0 Å². The van der Waals surface area contributed by atoms with Gasteiger partial charge in [0.05, 0.1) is 22.9 Å². The van der Waals surface area contributed by atoms with Crippen LogP contribution in [0.4, 0.5) is 20.3 Å². The Morgan fingerprint density at radius 3 is 2.48 bits per heavy atom. The quantitative estimate of drug-likeness (QED) is 0.594. The summed E-state index contributed by atoms with van der Waals surface area (Å²) < 4.78 is 27.9. The van der Waals surface area contributed by atoms with Crippen molar-refractivity contribution in [1.29, 1.82) is 5.26 Å². The molecule has 4 rings (SSSR count). The Bertz CT molecular complexity index is 1190. The van der Waals surface area contributed by atoms with Crippen molar-refractivity contribution in [3.8, 4) is 17.3 Å². The third kappa shape index (κ3) is 4.98. The van der Waals surface area contributed by atoms with Gasteiger partial charge < -0.3 is 10.2 Å². The van der Waals surface area contributed by atoms with Crippen LogP contribution in [-0.4, -0.2) is 35.1 Å². The maximum absolute atomic E-state index is 14.0. The molecular weight excluding hydrogens is 424 g/mol. The SMILES string of the molecule is Cc1c(-c2ccc(C#N)cc2)nnc(N2CCCC(F)(F)CC2)c1C(=O)Nc1ccccc1. The van der Waals surface area contributed by atoms with Crippen LogP contribution in [0.25, 0.3) is 11.3 Å². The summed E-state index contributed by atoms with van der Waals surface area (Å²) >= 11 is 0. The van der Waals surface area contributed by atoms with Gasteiger partial charge in [-0.05, 0) is 43.2 Å². The molecule has 1 fully saturated rings. The molecule has 1 aliphatic heterocycles. The lowest BCUT2D eigenvalue weighted by Crippen LogP contribution is -2.30. The lowest BCUT2D eigenvalue weighted by atomic mass is 10.0. The number of aromatic nitrogens is 2. The highest BCUT2D eigenvalue weighted by molar-refractivity contribution is 6.09. The van der Waals surface area contributed by atoms with Gasteiger partial charge in [0, 0.05) is 37.2 Å². The predicted octanol–water partition coefficient (Wildman–Crippen LogP) is 5.20. The van der Waals surface area contributed by atoms with Crippen LogP contribution in [0.15, 0.2) is 54.6 Å². The van der Waals surface area contributed by atoms with E-state index in [2.05, 4.69) is 21.6 Å². The van der Waals surface area contributed by atoms with Gasteiger partial charge in [0.2, 0.25) is 5.92 Å². The molecule has 0 saturated carbocycles. The molecule has 0 radical (unpaired) electrons. The fraction of sp³-hybridized carbons (Fsp3) is 0.280. The van der Waals surface area contributed by atoms with Gasteiger partial charge in [0.25, 0.3) is 5.91 Å². The van der Waals surface area contributed by atoms with Crippen molar-refractivity contribution in [2.75, 3.05) is 23.3 Å². The zero-order chi connectivity index (χ0) is 23.4. The summed E-state index contributed by atoms with van der Waals surface area (Å²) in [6.07, 6.45) is -0.194. The highest BCUT2D eigenvalue weighted by Crippen LogP contribution is 2.33. The van der Waals surface area contributed by atoms with Crippen LogP contribution < -0.4 is 10.2 Å². The van der Waals surface area contributed by atoms with Crippen molar-refractivity contribution in [3.05, 3.63) is 71.3 Å². The minimum Gasteiger partial charge on any atom is -0.354 e. The van der Waals surface area contributed by atoms with Crippen molar-refractivity contribution < 1.29 is 13.6 Å². The third-order valence-electron chi connectivity index (χ3n) is 5.76. The average molecular weight is 447 g/mol. The summed E-state index contributed by atoms with van der Waals surface area (Å²) in [6, 6.07) is 17.9. The van der Waals surface area contributed by atoms with Gasteiger partial charge in [0.15, 0.2) is 5.82 Å². The first-order valence-electron chi connectivity index (χ1n) is 10.7. The van der Waals surface area contributed by atoms with Crippen molar-refractivity contribution in [2.45, 2.75) is 32.1 Å². The Labute approximate surface area is 190 Å². The molecule has 1 saturated heterocycles. The van der Waals surface area contributed by atoms with E-state index in [9.17, 15) is 13.6 Å². The summed E-state index contributed by atoms with van der Waals surface area (Å²) in [5.74, 6) is -2.81. The molecule has 3 aromatic rings. The first kappa shape index (κ1) is 22.3. The first-order chi connectivity index (χ1) is 15.9. The standard InChI is InChI=1S/C25H23F2N5O/c1-17-21(24(33)29-20-6-3-2-4-7-20)23(32-14-5-12-25(26,27)13-15-32)31-30-22(17)19-10-8-18(16-28)9-11-19/h2-4,6-11H,5,12-15H2,1H3,(H,29,33). The van der Waals surface area contributed by atoms with Gasteiger partial charge in [-0.15, -0.1) is 10.2 Å². The number of benzene rings is 2. The van der Waals surface area contributed by atoms with Crippen LogP contribution in [-0.2, 0) is 0 Å². The van der Waals surface area contributed by atoms with Crippen molar-refractivity contribution in [3.63, 3.8) is 0 Å². The topological polar surface area (TPSA) is 81.9 Å². The van der Waals surface area contributed by atoms with Crippen LogP contribution in [0.2, 0.25) is 0 Å². The van der Waals surface area contributed by atoms with Crippen LogP contribution in [0.1, 0.15) is 40.7 Å². The number of nitrogens with one attached hydrogen (secondary N) is 1. The number of hydrogen-bond acceptors (Lipinski definition) is 5. The summed E-state index contributed by atoms with van der Waals surface area (Å²) in [6.45, 7) is 2.23. The van der Waals surface area contributed by atoms with Gasteiger partial charge >= 0.3 is 0 Å². The smallest absolute Gasteiger partial charge is 0.259 e. The van der Waals surface area contributed by atoms with E-state index in [1.807, 2.05) is 18.2 Å². The summed E-state index contributed by atoms with van der Waals surface area (Å²) in [7, 11) is 0. The molecule has 6 nitrogen and oxygen atoms in total. The number of anilines is 2. The third-order valence-corrected chi connectivity index (χ3v) is 5.76. The van der Waals surface area contributed by atoms with Gasteiger partial charge in [0.1, 0.15) is 0 Å². The van der Waals surface area contributed by atoms with E-state index in [1.165, 1.54) is 0 Å². The van der Waals surface area contributed by atoms with Crippen LogP contribution in [0.3, 0.4) is 0 Å². The Morgan fingerprint density at radius 1 is 1.06 bits per heavy atom. The largest absolute Gasteiger partial charge is 0.354 e. The molecule has 1 aliphatic rings. The molecule has 0 unspecified atom stereocenters. The van der Waals surface area contributed by atoms with Crippen LogP contribution in [0, 0.1) is 18.3 Å². The average Bonchev–Trinajstić information content (AvgIpc) is 3.00. The van der Waals surface area contributed by atoms with Gasteiger partial charge in [-0.25, -0.2) is 8.78 Å². The molecule has 168 valence electrons. The molecule has 2 aromatic carbocycles. The molecule has 2 heterocycles. The van der Waals surface area contributed by atoms with E-state index in [-0.39, 0.29) is 25.3 Å². The molecule has 33 heavy (non-hydrogen) atoms. The maximum Gasteiger partial charge on any atom is 0.259 e. The highest BCUT2D eigenvalue weighted by Gasteiger charge is 2.34. The molecule has 8 heteroatoms. The molecule has 1 amide bonds. The monoisotopic (exact) mass is 447 g/mol. The maximum atomic E-state index is 14.0. The highest BCUT2D eigenvalue weighted by atomic mass is 19.3. The van der Waals surface area contributed by atoms with Gasteiger partial charge in [-0.3, -0.25) is 4.79 Å². The number of nitriles is 1. The van der Waals surface area contributed by atoms with E-state index < -0.39 is 5.92 Å². The number of carbonyl (C=O) groups excluding carboxylic acids is 1. The lowest BCUT2D eigenvalue weighted by molar-refractivity contribution is -0.0102. The van der Waals surface area contributed by atoms with Crippen molar-refractivity contribution >= 4 is 17.4 Å². The van der Waals surface area contributed by atoms with Crippen molar-refractivity contribution in [2.24, 2.45) is 0 Å². The first-order valence-corrected chi connectivity index (χ1v) is 10.7. The Kier molecular flexibility index (Phi) is 6.31. The Morgan fingerprint density at radius 2 is 1.79 bits per heavy atom. The number of alkyl halides is 2. The van der Waals surface area contributed by atoms with E-state index in [1.54, 1.807) is 48.2 Å². The Hall–Kier alpha value is -3.86. The lowest BCUT2D eigenvalue weighted by Gasteiger charge is -2.25. The second-order valence-corrected chi connectivity index (χ2v) is 8.08. The van der Waals surface area contributed by atoms with Gasteiger partial charge in [-0.1, -0.05) is 30.3 Å². The zero-order valence-corrected chi connectivity index (χ0v) is 18.2. The number of rotatable bonds is 4. The fourth-order valence-electron chi connectivity index (χ4n) is 3.97. The fourth-order valence-corrected chi connectivity index (χ4v) is 3.97. The minimum absolute atomic E-state index is 0.0863. The number of amides is 1. The normalized spacial score (nSPS) is 15.4. The molecule has 0 aliphatic carbocycles. The second kappa shape index (κ2) is 9.33. The number of para-hydroxylation sites is 1. The van der Waals surface area contributed by atoms with Gasteiger partial charge in [-0.2, -0.15) is 5.26 Å². The zero-order valence-electron chi connectivity index (χ0n) is 18.2. The van der Waals surface area contributed by atoms with Crippen LogP contribution in [0.5, 0.6) is 0 Å². The second-order valence-electron chi connectivity index (χ2n) is 8.08. The van der Waals surface area contributed by atoms with E-state index in [4.69, 9.17) is 5.26 Å². The molecule has 0 atom stereocenters. The number of carbonyl (C=O) groups is 1. The van der Waals surface area contributed by atoms with E-state index in [0.717, 1.165) is 0 Å². The molecule has 0 spiro atoms. The predicted molar refractivity (Wildman–Crippen MR) is 122 cm³/mol. The summed E-state index contributed by atoms with van der Waals surface area (Å²) in [5.41, 5.74) is 3.23. The minimum atomic E-state index is -2.73. The molecule has 0 bridgehead atoms. The Balaban J connectivity index is 1.77. The number of halogens is 2. The molecule has 1 aromatic heterocycles. The number of nitrogens with zero attached hydrogens (tertiary/aromatic N) is 4. The molecule has 1 N–H and O–H groups in total. The summed E-state index contributed by atoms with van der Waals surface area (Å²) in [5, 5.41) is 20.6. The summed E-state index contributed by atoms with van der Waals surface area (Å²) in [4.78, 5) is 15.1. The van der Waals surface area contributed by atoms with Crippen molar-refractivity contribution in [1.82, 2.24) is 10.2 Å².